The third-order valence-corrected chi connectivity index (χ3v) is 10.8. The minimum Gasteiger partial charge on any atom is -0.435 e. The zero-order valence-electron chi connectivity index (χ0n) is 29.8. The highest BCUT2D eigenvalue weighted by atomic mass is 16.3. The molecule has 0 saturated carbocycles. The van der Waals surface area contributed by atoms with E-state index < -0.39 is 0 Å². The molecule has 55 heavy (non-hydrogen) atoms. The maximum Gasteiger partial charge on any atom is 0.227 e. The topological polar surface area (TPSA) is 34.2 Å². The lowest BCUT2D eigenvalue weighted by atomic mass is 9.98. The summed E-state index contributed by atoms with van der Waals surface area (Å²) in [5.74, 6) is 0.610. The maximum atomic E-state index is 6.53. The Hall–Kier alpha value is -7.43. The minimum atomic E-state index is 0.610. The Morgan fingerprint density at radius 3 is 1.89 bits per heavy atom. The molecule has 0 spiro atoms. The molecule has 258 valence electrons. The van der Waals surface area contributed by atoms with E-state index in [2.05, 4.69) is 179 Å². The molecule has 0 N–H and O–H groups in total. The average Bonchev–Trinajstić information content (AvgIpc) is 3.84. The molecule has 0 atom stereocenters. The zero-order valence-corrected chi connectivity index (χ0v) is 29.8. The van der Waals surface area contributed by atoms with Crippen LogP contribution in [-0.4, -0.2) is 9.55 Å². The molecule has 11 aromatic rings. The van der Waals surface area contributed by atoms with Crippen molar-refractivity contribution < 1.29 is 4.42 Å². The Balaban J connectivity index is 1.15. The summed E-state index contributed by atoms with van der Waals surface area (Å²) in [5, 5.41) is 6.97. The summed E-state index contributed by atoms with van der Waals surface area (Å²) in [6.07, 6.45) is 0. The molecule has 11 rings (SSSR count). The van der Waals surface area contributed by atoms with Crippen molar-refractivity contribution in [3.05, 3.63) is 200 Å². The fourth-order valence-electron chi connectivity index (χ4n) is 8.27. The first kappa shape index (κ1) is 31.1. The van der Waals surface area contributed by atoms with E-state index in [1.807, 2.05) is 30.3 Å². The molecule has 0 radical (unpaired) electrons. The number of hydrogen-bond donors (Lipinski definition) is 0. The number of para-hydroxylation sites is 2. The Morgan fingerprint density at radius 2 is 1.07 bits per heavy atom. The van der Waals surface area contributed by atoms with Gasteiger partial charge in [-0.3, -0.25) is 0 Å². The van der Waals surface area contributed by atoms with Crippen LogP contribution in [0.4, 0.5) is 17.1 Å². The number of oxazole rings is 1. The van der Waals surface area contributed by atoms with Crippen molar-refractivity contribution >= 4 is 71.5 Å². The Labute approximate surface area is 317 Å². The first-order chi connectivity index (χ1) is 27.3. The molecule has 4 nitrogen and oxygen atoms in total. The van der Waals surface area contributed by atoms with E-state index in [9.17, 15) is 0 Å². The van der Waals surface area contributed by atoms with Crippen molar-refractivity contribution in [3.63, 3.8) is 0 Å². The van der Waals surface area contributed by atoms with Gasteiger partial charge in [0.1, 0.15) is 5.52 Å². The molecular weight excluding hydrogens is 671 g/mol. The summed E-state index contributed by atoms with van der Waals surface area (Å²) in [6.45, 7) is 0. The van der Waals surface area contributed by atoms with Crippen LogP contribution in [0.25, 0.3) is 82.7 Å². The second kappa shape index (κ2) is 12.6. The van der Waals surface area contributed by atoms with Crippen LogP contribution in [0.3, 0.4) is 0 Å². The van der Waals surface area contributed by atoms with Gasteiger partial charge in [0, 0.05) is 44.2 Å². The third kappa shape index (κ3) is 5.11. The molecule has 0 amide bonds. The lowest BCUT2D eigenvalue weighted by Crippen LogP contribution is -2.10. The first-order valence-corrected chi connectivity index (χ1v) is 18.6. The standard InChI is InChI=1S/C51H33N3O/c1-3-15-36(16-4-1)51-52-46-33-49(42-21-9-10-23-44(42)50(46)55-51)53(38-28-26-35(27-29-38)41-24-13-17-34-14-7-8-20-40(34)41)39-30-31-48-45(32-39)43-22-11-12-25-47(43)54(48)37-18-5-2-6-19-37/h1-33H. The normalized spacial score (nSPS) is 11.6. The Bertz CT molecular complexity index is 3190. The SMILES string of the molecule is c1ccc(-c2nc3cc(N(c4ccc(-c5cccc6ccccc56)cc4)c4ccc5c(c4)c4ccccc4n5-c4ccccc4)c4ccccc4c3o2)cc1. The van der Waals surface area contributed by atoms with E-state index in [-0.39, 0.29) is 0 Å². The predicted molar refractivity (Wildman–Crippen MR) is 229 cm³/mol. The molecule has 0 unspecified atom stereocenters. The smallest absolute Gasteiger partial charge is 0.227 e. The monoisotopic (exact) mass is 703 g/mol. The highest BCUT2D eigenvalue weighted by molar-refractivity contribution is 6.14. The van der Waals surface area contributed by atoms with Gasteiger partial charge in [0.05, 0.1) is 16.7 Å². The molecule has 4 heteroatoms. The summed E-state index contributed by atoms with van der Waals surface area (Å²) in [6, 6.07) is 71.0. The molecule has 9 aromatic carbocycles. The number of benzene rings is 9. The summed E-state index contributed by atoms with van der Waals surface area (Å²) < 4.78 is 8.89. The fourth-order valence-corrected chi connectivity index (χ4v) is 8.27. The number of aromatic nitrogens is 2. The molecule has 0 aliphatic carbocycles. The van der Waals surface area contributed by atoms with Gasteiger partial charge in [-0.05, 0) is 88.6 Å². The molecule has 0 aliphatic heterocycles. The van der Waals surface area contributed by atoms with Gasteiger partial charge in [0.15, 0.2) is 5.58 Å². The summed E-state index contributed by atoms with van der Waals surface area (Å²) in [7, 11) is 0. The quantitative estimate of drug-likeness (QED) is 0.173. The maximum absolute atomic E-state index is 6.53. The van der Waals surface area contributed by atoms with Gasteiger partial charge in [-0.2, -0.15) is 0 Å². The number of anilines is 3. The number of hydrogen-bond acceptors (Lipinski definition) is 3. The van der Waals surface area contributed by atoms with Gasteiger partial charge >= 0.3 is 0 Å². The lowest BCUT2D eigenvalue weighted by molar-refractivity contribution is 0.623. The average molecular weight is 704 g/mol. The van der Waals surface area contributed by atoms with Gasteiger partial charge < -0.3 is 13.9 Å². The Kier molecular flexibility index (Phi) is 7.14. The van der Waals surface area contributed by atoms with E-state index in [0.29, 0.717) is 5.89 Å². The van der Waals surface area contributed by atoms with Gasteiger partial charge in [-0.1, -0.05) is 133 Å². The lowest BCUT2D eigenvalue weighted by Gasteiger charge is -2.27. The molecule has 0 bridgehead atoms. The Morgan fingerprint density at radius 1 is 0.436 bits per heavy atom. The molecule has 0 aliphatic rings. The van der Waals surface area contributed by atoms with Crippen molar-refractivity contribution in [3.8, 4) is 28.3 Å². The summed E-state index contributed by atoms with van der Waals surface area (Å²) >= 11 is 0. The van der Waals surface area contributed by atoms with E-state index in [4.69, 9.17) is 9.40 Å². The van der Waals surface area contributed by atoms with E-state index in [0.717, 1.165) is 55.7 Å². The highest BCUT2D eigenvalue weighted by Gasteiger charge is 2.22. The molecule has 0 saturated heterocycles. The van der Waals surface area contributed by atoms with Gasteiger partial charge in [-0.15, -0.1) is 0 Å². The van der Waals surface area contributed by atoms with Gasteiger partial charge in [0.2, 0.25) is 5.89 Å². The van der Waals surface area contributed by atoms with E-state index in [1.54, 1.807) is 0 Å². The number of fused-ring (bicyclic) bond motifs is 7. The van der Waals surface area contributed by atoms with Crippen molar-refractivity contribution in [2.75, 3.05) is 4.90 Å². The summed E-state index contributed by atoms with van der Waals surface area (Å²) in [4.78, 5) is 7.45. The van der Waals surface area contributed by atoms with Crippen LogP contribution in [-0.2, 0) is 0 Å². The molecule has 2 aromatic heterocycles. The largest absolute Gasteiger partial charge is 0.435 e. The fraction of sp³-hybridized carbons (Fsp3) is 0. The van der Waals surface area contributed by atoms with Crippen LogP contribution >= 0.6 is 0 Å². The molecular formula is C51H33N3O. The van der Waals surface area contributed by atoms with Crippen LogP contribution in [0.1, 0.15) is 0 Å². The number of rotatable bonds is 6. The van der Waals surface area contributed by atoms with Crippen LogP contribution in [0.5, 0.6) is 0 Å². The molecule has 2 heterocycles. The van der Waals surface area contributed by atoms with Crippen LogP contribution in [0.15, 0.2) is 205 Å². The zero-order chi connectivity index (χ0) is 36.3. The predicted octanol–water partition coefficient (Wildman–Crippen LogP) is 14.0. The van der Waals surface area contributed by atoms with Crippen molar-refractivity contribution in [2.24, 2.45) is 0 Å². The first-order valence-electron chi connectivity index (χ1n) is 18.6. The second-order valence-electron chi connectivity index (χ2n) is 14.0. The summed E-state index contributed by atoms with van der Waals surface area (Å²) in [5.41, 5.74) is 11.5. The van der Waals surface area contributed by atoms with Crippen LogP contribution < -0.4 is 4.90 Å². The van der Waals surface area contributed by atoms with Crippen molar-refractivity contribution in [2.45, 2.75) is 0 Å². The van der Waals surface area contributed by atoms with Gasteiger partial charge in [0.25, 0.3) is 0 Å². The van der Waals surface area contributed by atoms with Crippen LogP contribution in [0.2, 0.25) is 0 Å². The van der Waals surface area contributed by atoms with E-state index in [1.165, 1.54) is 38.2 Å². The number of nitrogens with zero attached hydrogens (tertiary/aromatic N) is 3. The minimum absolute atomic E-state index is 0.610. The highest BCUT2D eigenvalue weighted by Crippen LogP contribution is 2.45. The third-order valence-electron chi connectivity index (χ3n) is 10.8. The van der Waals surface area contributed by atoms with Crippen molar-refractivity contribution in [1.29, 1.82) is 0 Å². The molecule has 0 fully saturated rings. The second-order valence-corrected chi connectivity index (χ2v) is 14.0. The van der Waals surface area contributed by atoms with Crippen molar-refractivity contribution in [1.82, 2.24) is 9.55 Å². The van der Waals surface area contributed by atoms with Gasteiger partial charge in [-0.25, -0.2) is 4.98 Å². The van der Waals surface area contributed by atoms with Crippen LogP contribution in [0, 0.1) is 0 Å². The van der Waals surface area contributed by atoms with E-state index >= 15 is 0 Å².